The van der Waals surface area contributed by atoms with Gasteiger partial charge in [-0.25, -0.2) is 0 Å². The molecule has 4 rings (SSSR count). The number of thiocarbonyl (C=S) groups is 1. The van der Waals surface area contributed by atoms with Crippen LogP contribution in [0.3, 0.4) is 0 Å². The number of nitro benzene ring substituents is 1. The molecule has 2 aromatic rings. The van der Waals surface area contributed by atoms with E-state index in [9.17, 15) is 19.7 Å². The largest absolute Gasteiger partial charge is 0.378 e. The molecule has 11 heteroatoms. The third kappa shape index (κ3) is 4.12. The number of aromatic nitrogens is 1. The van der Waals surface area contributed by atoms with Gasteiger partial charge < -0.3 is 14.2 Å². The highest BCUT2D eigenvalue weighted by Crippen LogP contribution is 2.33. The molecule has 3 heterocycles. The predicted octanol–water partition coefficient (Wildman–Crippen LogP) is 2.10. The van der Waals surface area contributed by atoms with E-state index >= 15 is 0 Å². The number of anilines is 1. The lowest BCUT2D eigenvalue weighted by molar-refractivity contribution is -0.384. The zero-order valence-electron chi connectivity index (χ0n) is 18.5. The molecule has 0 aliphatic carbocycles. The molecule has 0 saturated carbocycles. The molecular weight excluding hydrogens is 446 g/mol. The molecule has 0 spiro atoms. The zero-order valence-corrected chi connectivity index (χ0v) is 19.3. The van der Waals surface area contributed by atoms with Crippen molar-refractivity contribution >= 4 is 46.6 Å². The quantitative estimate of drug-likeness (QED) is 0.240. The number of rotatable bonds is 4. The average Bonchev–Trinajstić information content (AvgIpc) is 3.08. The Morgan fingerprint density at radius 3 is 2.55 bits per heavy atom. The van der Waals surface area contributed by atoms with Crippen LogP contribution in [-0.2, 0) is 14.3 Å². The van der Waals surface area contributed by atoms with Crippen molar-refractivity contribution < 1.29 is 19.2 Å². The van der Waals surface area contributed by atoms with Crippen LogP contribution in [0.25, 0.3) is 11.8 Å². The maximum Gasteiger partial charge on any atom is 0.294 e. The highest BCUT2D eigenvalue weighted by molar-refractivity contribution is 7.80. The lowest BCUT2D eigenvalue weighted by atomic mass is 10.1. The number of nitro groups is 1. The Bertz CT molecular complexity index is 1210. The summed E-state index contributed by atoms with van der Waals surface area (Å²) < 4.78 is 7.22. The minimum Gasteiger partial charge on any atom is -0.378 e. The van der Waals surface area contributed by atoms with Crippen LogP contribution >= 0.6 is 12.2 Å². The maximum atomic E-state index is 12.5. The van der Waals surface area contributed by atoms with Gasteiger partial charge in [0.2, 0.25) is 0 Å². The minimum absolute atomic E-state index is 0.0128. The molecule has 1 N–H and O–H groups in total. The van der Waals surface area contributed by atoms with Gasteiger partial charge in [-0.15, -0.1) is 0 Å². The molecule has 0 radical (unpaired) electrons. The summed E-state index contributed by atoms with van der Waals surface area (Å²) in [4.78, 5) is 39.5. The maximum absolute atomic E-state index is 12.5. The van der Waals surface area contributed by atoms with Crippen molar-refractivity contribution in [2.75, 3.05) is 38.3 Å². The van der Waals surface area contributed by atoms with Crippen molar-refractivity contribution in [1.82, 2.24) is 14.8 Å². The lowest BCUT2D eigenvalue weighted by Crippen LogP contribution is -2.52. The first-order chi connectivity index (χ1) is 15.7. The molecule has 172 valence electrons. The van der Waals surface area contributed by atoms with Gasteiger partial charge >= 0.3 is 0 Å². The topological polar surface area (TPSA) is 110 Å². The van der Waals surface area contributed by atoms with Gasteiger partial charge in [-0.05, 0) is 55.9 Å². The molecule has 33 heavy (non-hydrogen) atoms. The number of hydrogen-bond acceptors (Lipinski definition) is 7. The summed E-state index contributed by atoms with van der Waals surface area (Å²) in [6.45, 7) is 5.93. The summed E-state index contributed by atoms with van der Waals surface area (Å²) in [7, 11) is 1.50. The molecular formula is C22H23N5O5S. The van der Waals surface area contributed by atoms with Crippen LogP contribution in [-0.4, -0.2) is 64.7 Å². The van der Waals surface area contributed by atoms with Crippen molar-refractivity contribution in [3.05, 3.63) is 56.9 Å². The lowest BCUT2D eigenvalue weighted by Gasteiger charge is -2.28. The first-order valence-electron chi connectivity index (χ1n) is 10.3. The molecule has 0 unspecified atom stereocenters. The molecule has 2 aliphatic rings. The summed E-state index contributed by atoms with van der Waals surface area (Å²) in [6, 6.07) is 6.97. The molecule has 10 nitrogen and oxygen atoms in total. The van der Waals surface area contributed by atoms with Crippen molar-refractivity contribution in [3.8, 4) is 5.69 Å². The number of carbonyl (C=O) groups is 2. The van der Waals surface area contributed by atoms with Gasteiger partial charge in [0.1, 0.15) is 11.3 Å². The minimum atomic E-state index is -0.557. The van der Waals surface area contributed by atoms with Gasteiger partial charge in [-0.2, -0.15) is 0 Å². The molecule has 2 fully saturated rings. The van der Waals surface area contributed by atoms with Gasteiger partial charge in [-0.3, -0.25) is 29.9 Å². The Morgan fingerprint density at radius 1 is 1.18 bits per heavy atom. The van der Waals surface area contributed by atoms with Gasteiger partial charge in [0, 0.05) is 37.6 Å². The predicted molar refractivity (Wildman–Crippen MR) is 126 cm³/mol. The Balaban J connectivity index is 1.75. The fraction of sp³-hybridized carbons (Fsp3) is 0.318. The standard InChI is InChI=1S/C22H23N5O5S/c1-13-10-15(11-17-20(28)23-22(33)24(3)21(17)29)14(2)26(13)16-4-5-18(19(12-16)27(30)31)25-6-8-32-9-7-25/h4-5,10-12H,6-9H2,1-3H3,(H,23,28,33)/b17-11-. The highest BCUT2D eigenvalue weighted by Gasteiger charge is 2.31. The molecule has 2 saturated heterocycles. The van der Waals surface area contributed by atoms with Crippen LogP contribution in [0.5, 0.6) is 0 Å². The van der Waals surface area contributed by atoms with E-state index in [1.54, 1.807) is 12.1 Å². The second kappa shape index (κ2) is 8.75. The average molecular weight is 470 g/mol. The van der Waals surface area contributed by atoms with E-state index in [1.807, 2.05) is 35.4 Å². The summed E-state index contributed by atoms with van der Waals surface area (Å²) in [5.74, 6) is -1.04. The van der Waals surface area contributed by atoms with Crippen molar-refractivity contribution in [3.63, 3.8) is 0 Å². The Kier molecular flexibility index (Phi) is 6.00. The number of nitrogens with zero attached hydrogens (tertiary/aromatic N) is 4. The number of likely N-dealkylation sites (N-methyl/N-ethyl adjacent to an activating group) is 1. The Morgan fingerprint density at radius 2 is 1.88 bits per heavy atom. The van der Waals surface area contributed by atoms with Gasteiger partial charge in [0.25, 0.3) is 17.5 Å². The van der Waals surface area contributed by atoms with Crippen molar-refractivity contribution in [2.45, 2.75) is 13.8 Å². The molecule has 2 aliphatic heterocycles. The number of nitrogens with one attached hydrogen (secondary N) is 1. The van der Waals surface area contributed by atoms with Gasteiger partial charge in [-0.1, -0.05) is 0 Å². The highest BCUT2D eigenvalue weighted by atomic mass is 32.1. The third-order valence-corrected chi connectivity index (χ3v) is 6.22. The second-order valence-electron chi connectivity index (χ2n) is 7.87. The van der Waals surface area contributed by atoms with E-state index < -0.39 is 11.8 Å². The number of morpholine rings is 1. The summed E-state index contributed by atoms with van der Waals surface area (Å²) in [5, 5.41) is 14.4. The van der Waals surface area contributed by atoms with Gasteiger partial charge in [0.15, 0.2) is 5.11 Å². The van der Waals surface area contributed by atoms with E-state index in [-0.39, 0.29) is 21.3 Å². The van der Waals surface area contributed by atoms with Crippen LogP contribution in [0.1, 0.15) is 17.0 Å². The van der Waals surface area contributed by atoms with Crippen LogP contribution in [0.4, 0.5) is 11.4 Å². The summed E-state index contributed by atoms with van der Waals surface area (Å²) in [5.41, 5.74) is 3.37. The number of hydrogen-bond donors (Lipinski definition) is 1. The van der Waals surface area contributed by atoms with Crippen LogP contribution in [0.15, 0.2) is 29.8 Å². The Hall–Kier alpha value is -3.57. The molecule has 0 atom stereocenters. The Labute approximate surface area is 195 Å². The number of aryl methyl sites for hydroxylation is 1. The number of benzene rings is 1. The van der Waals surface area contributed by atoms with Crippen LogP contribution < -0.4 is 10.2 Å². The van der Waals surface area contributed by atoms with E-state index in [0.717, 1.165) is 11.4 Å². The number of ether oxygens (including phenoxy) is 1. The first kappa shape index (κ1) is 22.6. The van der Waals surface area contributed by atoms with Crippen molar-refractivity contribution in [2.24, 2.45) is 0 Å². The monoisotopic (exact) mass is 469 g/mol. The molecule has 1 aromatic carbocycles. The molecule has 2 amide bonds. The zero-order chi connectivity index (χ0) is 23.9. The molecule has 0 bridgehead atoms. The molecule has 1 aromatic heterocycles. The van der Waals surface area contributed by atoms with E-state index in [4.69, 9.17) is 17.0 Å². The fourth-order valence-corrected chi connectivity index (χ4v) is 4.28. The third-order valence-electron chi connectivity index (χ3n) is 5.84. The van der Waals surface area contributed by atoms with E-state index in [0.29, 0.717) is 43.2 Å². The number of amides is 2. The summed E-state index contributed by atoms with van der Waals surface area (Å²) >= 11 is 4.98. The van der Waals surface area contributed by atoms with E-state index in [1.165, 1.54) is 18.0 Å². The normalized spacial score (nSPS) is 18.2. The van der Waals surface area contributed by atoms with E-state index in [2.05, 4.69) is 5.32 Å². The van der Waals surface area contributed by atoms with Crippen molar-refractivity contribution in [1.29, 1.82) is 0 Å². The van der Waals surface area contributed by atoms with Crippen LogP contribution in [0.2, 0.25) is 0 Å². The first-order valence-corrected chi connectivity index (χ1v) is 10.8. The SMILES string of the molecule is Cc1cc(/C=C2/C(=O)NC(=S)N(C)C2=O)c(C)n1-c1ccc(N2CCOCC2)c([N+](=O)[O-])c1. The van der Waals surface area contributed by atoms with Crippen LogP contribution in [0, 0.1) is 24.0 Å². The summed E-state index contributed by atoms with van der Waals surface area (Å²) in [6.07, 6.45) is 1.52. The second-order valence-corrected chi connectivity index (χ2v) is 8.26. The van der Waals surface area contributed by atoms with Gasteiger partial charge in [0.05, 0.1) is 23.8 Å². The smallest absolute Gasteiger partial charge is 0.294 e. The number of carbonyl (C=O) groups excluding carboxylic acids is 2. The fourth-order valence-electron chi connectivity index (χ4n) is 4.10.